The molecule has 1 aromatic carbocycles. The van der Waals surface area contributed by atoms with Gasteiger partial charge in [0.15, 0.2) is 6.29 Å². The average molecular weight is 351 g/mol. The molecule has 1 N–H and O–H groups in total. The zero-order valence-corrected chi connectivity index (χ0v) is 13.3. The first kappa shape index (κ1) is 16.4. The lowest BCUT2D eigenvalue weighted by molar-refractivity contribution is -0.131. The van der Waals surface area contributed by atoms with Gasteiger partial charge in [-0.15, -0.1) is 0 Å². The summed E-state index contributed by atoms with van der Waals surface area (Å²) in [6.45, 7) is 5.08. The largest absolute Gasteiger partial charge is 0.351 e. The number of carbonyl (C=O) groups excluding carboxylic acids is 1. The summed E-state index contributed by atoms with van der Waals surface area (Å²) in [4.78, 5) is 12.0. The number of carbonyl (C=O) groups is 1. The highest BCUT2D eigenvalue weighted by Gasteiger charge is 2.14. The molecule has 0 radical (unpaired) electrons. The van der Waals surface area contributed by atoms with Crippen LogP contribution in [0.15, 0.2) is 22.7 Å². The third-order valence-electron chi connectivity index (χ3n) is 2.33. The van der Waals surface area contributed by atoms with E-state index in [0.29, 0.717) is 28.3 Å². The van der Waals surface area contributed by atoms with Crippen LogP contribution in [-0.4, -0.2) is 32.0 Å². The first-order valence-corrected chi connectivity index (χ1v) is 7.22. The molecule has 0 unspecified atom stereocenters. The lowest BCUT2D eigenvalue weighted by atomic mass is 10.2. The van der Waals surface area contributed by atoms with Crippen LogP contribution in [0.25, 0.3) is 0 Å². The molecule has 0 saturated carbocycles. The Balaban J connectivity index is 2.61. The first-order chi connectivity index (χ1) is 9.10. The van der Waals surface area contributed by atoms with Crippen molar-refractivity contribution < 1.29 is 14.3 Å². The fourth-order valence-electron chi connectivity index (χ4n) is 1.49. The van der Waals surface area contributed by atoms with Crippen molar-refractivity contribution in [1.29, 1.82) is 0 Å². The summed E-state index contributed by atoms with van der Waals surface area (Å²) >= 11 is 9.34. The molecular formula is C13H17BrClNO3. The van der Waals surface area contributed by atoms with Crippen molar-refractivity contribution in [3.05, 3.63) is 33.3 Å². The molecule has 4 nitrogen and oxygen atoms in total. The maximum atomic E-state index is 12.0. The number of amides is 1. The molecule has 0 aliphatic carbocycles. The summed E-state index contributed by atoms with van der Waals surface area (Å²) in [5, 5.41) is 3.14. The van der Waals surface area contributed by atoms with Crippen molar-refractivity contribution in [3.63, 3.8) is 0 Å². The Bertz CT molecular complexity index is 422. The predicted molar refractivity (Wildman–Crippen MR) is 78.5 cm³/mol. The second-order valence-electron chi connectivity index (χ2n) is 3.65. The van der Waals surface area contributed by atoms with E-state index in [-0.39, 0.29) is 12.5 Å². The van der Waals surface area contributed by atoms with Crippen LogP contribution in [-0.2, 0) is 9.47 Å². The van der Waals surface area contributed by atoms with Crippen LogP contribution in [0.3, 0.4) is 0 Å². The van der Waals surface area contributed by atoms with E-state index in [1.165, 1.54) is 0 Å². The van der Waals surface area contributed by atoms with Gasteiger partial charge in [-0.05, 0) is 41.9 Å². The van der Waals surface area contributed by atoms with E-state index in [0.717, 1.165) is 0 Å². The van der Waals surface area contributed by atoms with Crippen LogP contribution in [0.2, 0.25) is 5.02 Å². The summed E-state index contributed by atoms with van der Waals surface area (Å²) in [5.74, 6) is -0.254. The Hall–Kier alpha value is -0.620. The minimum atomic E-state index is -0.440. The molecule has 0 bridgehead atoms. The highest BCUT2D eigenvalue weighted by molar-refractivity contribution is 9.10. The van der Waals surface area contributed by atoms with Gasteiger partial charge in [-0.3, -0.25) is 4.79 Å². The molecule has 1 amide bonds. The van der Waals surface area contributed by atoms with Crippen LogP contribution in [0.4, 0.5) is 0 Å². The molecule has 1 rings (SSSR count). The standard InChI is InChI=1S/C13H17BrClNO3/c1-3-18-11(19-4-2)8-16-13(17)9-6-5-7-10(14)12(9)15/h5-7,11H,3-4,8H2,1-2H3,(H,16,17). The van der Waals surface area contributed by atoms with E-state index in [2.05, 4.69) is 21.2 Å². The lowest BCUT2D eigenvalue weighted by Gasteiger charge is -2.17. The van der Waals surface area contributed by atoms with E-state index >= 15 is 0 Å². The van der Waals surface area contributed by atoms with E-state index in [9.17, 15) is 4.79 Å². The number of hydrogen-bond donors (Lipinski definition) is 1. The average Bonchev–Trinajstić information content (AvgIpc) is 2.39. The molecule has 0 spiro atoms. The van der Waals surface area contributed by atoms with Crippen LogP contribution < -0.4 is 5.32 Å². The van der Waals surface area contributed by atoms with Gasteiger partial charge in [-0.1, -0.05) is 17.7 Å². The van der Waals surface area contributed by atoms with Gasteiger partial charge in [-0.2, -0.15) is 0 Å². The molecule has 0 fully saturated rings. The minimum absolute atomic E-state index is 0.254. The molecule has 0 aromatic heterocycles. The summed E-state index contributed by atoms with van der Waals surface area (Å²) in [6.07, 6.45) is -0.440. The van der Waals surface area contributed by atoms with E-state index < -0.39 is 6.29 Å². The van der Waals surface area contributed by atoms with Crippen molar-refractivity contribution in [3.8, 4) is 0 Å². The number of hydrogen-bond acceptors (Lipinski definition) is 3. The fourth-order valence-corrected chi connectivity index (χ4v) is 2.07. The number of rotatable bonds is 7. The number of halogens is 2. The Kier molecular flexibility index (Phi) is 7.38. The SMILES string of the molecule is CCOC(CNC(=O)c1cccc(Br)c1Cl)OCC. The third kappa shape index (κ3) is 5.10. The molecule has 6 heteroatoms. The molecule has 0 aliphatic heterocycles. The van der Waals surface area contributed by atoms with Gasteiger partial charge in [0.25, 0.3) is 5.91 Å². The van der Waals surface area contributed by atoms with Crippen molar-refractivity contribution in [1.82, 2.24) is 5.32 Å². The summed E-state index contributed by atoms with van der Waals surface area (Å²) < 4.78 is 11.4. The maximum Gasteiger partial charge on any atom is 0.253 e. The van der Waals surface area contributed by atoms with Crippen LogP contribution in [0, 0.1) is 0 Å². The smallest absolute Gasteiger partial charge is 0.253 e. The molecule has 106 valence electrons. The Morgan fingerprint density at radius 3 is 2.58 bits per heavy atom. The maximum absolute atomic E-state index is 12.0. The Labute approximate surface area is 126 Å². The molecule has 1 aromatic rings. The van der Waals surface area contributed by atoms with Gasteiger partial charge in [0.05, 0.1) is 17.1 Å². The highest BCUT2D eigenvalue weighted by Crippen LogP contribution is 2.25. The third-order valence-corrected chi connectivity index (χ3v) is 3.63. The molecule has 0 saturated heterocycles. The van der Waals surface area contributed by atoms with Crippen LogP contribution in [0.1, 0.15) is 24.2 Å². The van der Waals surface area contributed by atoms with Gasteiger partial charge in [0, 0.05) is 17.7 Å². The van der Waals surface area contributed by atoms with E-state index in [1.807, 2.05) is 13.8 Å². The summed E-state index contributed by atoms with van der Waals surface area (Å²) in [7, 11) is 0. The first-order valence-electron chi connectivity index (χ1n) is 6.05. The molecule has 0 atom stereocenters. The molecular weight excluding hydrogens is 334 g/mol. The molecule has 19 heavy (non-hydrogen) atoms. The predicted octanol–water partition coefficient (Wildman–Crippen LogP) is 3.23. The normalized spacial score (nSPS) is 10.8. The van der Waals surface area contributed by atoms with E-state index in [1.54, 1.807) is 18.2 Å². The number of benzene rings is 1. The minimum Gasteiger partial charge on any atom is -0.351 e. The highest BCUT2D eigenvalue weighted by atomic mass is 79.9. The lowest BCUT2D eigenvalue weighted by Crippen LogP contribution is -2.35. The zero-order valence-electron chi connectivity index (χ0n) is 10.9. The second-order valence-corrected chi connectivity index (χ2v) is 4.88. The van der Waals surface area contributed by atoms with Gasteiger partial charge in [-0.25, -0.2) is 0 Å². The number of ether oxygens (including phenoxy) is 2. The molecule has 0 aliphatic rings. The topological polar surface area (TPSA) is 47.6 Å². The van der Waals surface area contributed by atoms with Gasteiger partial charge in [0.2, 0.25) is 0 Å². The van der Waals surface area contributed by atoms with Gasteiger partial charge >= 0.3 is 0 Å². The molecule has 0 heterocycles. The Morgan fingerprint density at radius 1 is 1.37 bits per heavy atom. The van der Waals surface area contributed by atoms with Gasteiger partial charge < -0.3 is 14.8 Å². The van der Waals surface area contributed by atoms with Crippen LogP contribution >= 0.6 is 27.5 Å². The zero-order chi connectivity index (χ0) is 14.3. The Morgan fingerprint density at radius 2 is 2.00 bits per heavy atom. The summed E-state index contributed by atoms with van der Waals surface area (Å²) in [5.41, 5.74) is 0.419. The van der Waals surface area contributed by atoms with Crippen molar-refractivity contribution in [2.45, 2.75) is 20.1 Å². The fraction of sp³-hybridized carbons (Fsp3) is 0.462. The second kappa shape index (κ2) is 8.53. The van der Waals surface area contributed by atoms with Crippen molar-refractivity contribution >= 4 is 33.4 Å². The number of nitrogens with one attached hydrogen (secondary N) is 1. The van der Waals surface area contributed by atoms with Crippen molar-refractivity contribution in [2.24, 2.45) is 0 Å². The van der Waals surface area contributed by atoms with E-state index in [4.69, 9.17) is 21.1 Å². The summed E-state index contributed by atoms with van der Waals surface area (Å²) in [6, 6.07) is 5.20. The quantitative estimate of drug-likeness (QED) is 0.768. The van der Waals surface area contributed by atoms with Crippen LogP contribution in [0.5, 0.6) is 0 Å². The monoisotopic (exact) mass is 349 g/mol. The van der Waals surface area contributed by atoms with Gasteiger partial charge in [0.1, 0.15) is 0 Å². The van der Waals surface area contributed by atoms with Crippen molar-refractivity contribution in [2.75, 3.05) is 19.8 Å².